The Hall–Kier alpha value is -1.79. The summed E-state index contributed by atoms with van der Waals surface area (Å²) in [5.41, 5.74) is 7.36. The first-order chi connectivity index (χ1) is 13.5. The Morgan fingerprint density at radius 3 is 2.31 bits per heavy atom. The molecule has 160 valence electrons. The number of piperazine rings is 1. The lowest BCUT2D eigenvalue weighted by Crippen LogP contribution is -2.56. The molecule has 2 bridgehead atoms. The number of aryl methyl sites for hydroxylation is 1. The van der Waals surface area contributed by atoms with Crippen molar-refractivity contribution in [3.8, 4) is 5.75 Å². The van der Waals surface area contributed by atoms with Gasteiger partial charge in [0.05, 0.1) is 5.92 Å². The van der Waals surface area contributed by atoms with Crippen molar-refractivity contribution in [2.45, 2.75) is 45.3 Å². The number of fused-ring (bicyclic) bond motifs is 2. The Morgan fingerprint density at radius 2 is 1.69 bits per heavy atom. The van der Waals surface area contributed by atoms with Crippen molar-refractivity contribution in [3.05, 3.63) is 29.8 Å². The fourth-order valence-electron chi connectivity index (χ4n) is 5.25. The molecule has 2 amide bonds. The maximum Gasteiger partial charge on any atom is 0.263 e. The molecule has 1 aromatic carbocycles. The van der Waals surface area contributed by atoms with Gasteiger partial charge in [0.15, 0.2) is 6.10 Å². The van der Waals surface area contributed by atoms with Gasteiger partial charge in [0.2, 0.25) is 5.91 Å². The lowest BCUT2D eigenvalue weighted by molar-refractivity contribution is -0.146. The third-order valence-electron chi connectivity index (χ3n) is 6.91. The minimum absolute atomic E-state index is 0. The summed E-state index contributed by atoms with van der Waals surface area (Å²) in [6, 6.07) is 7.73. The lowest BCUT2D eigenvalue weighted by Gasteiger charge is -2.39. The predicted octanol–water partition coefficient (Wildman–Crippen LogP) is 2.23. The monoisotopic (exact) mass is 421 g/mol. The average molecular weight is 422 g/mol. The van der Waals surface area contributed by atoms with E-state index in [1.165, 1.54) is 6.42 Å². The topological polar surface area (TPSA) is 75.9 Å². The summed E-state index contributed by atoms with van der Waals surface area (Å²) in [7, 11) is 0. The molecule has 1 aliphatic heterocycles. The van der Waals surface area contributed by atoms with Crippen LogP contribution < -0.4 is 10.5 Å². The third-order valence-corrected chi connectivity index (χ3v) is 6.91. The summed E-state index contributed by atoms with van der Waals surface area (Å²) in [5, 5.41) is 0. The summed E-state index contributed by atoms with van der Waals surface area (Å²) < 4.78 is 5.87. The Labute approximate surface area is 179 Å². The van der Waals surface area contributed by atoms with Gasteiger partial charge in [-0.05, 0) is 56.6 Å². The number of carbonyl (C=O) groups excluding carboxylic acids is 2. The first kappa shape index (κ1) is 21.9. The molecule has 2 N–H and O–H groups in total. The molecule has 4 rings (SSSR count). The fraction of sp³-hybridized carbons (Fsp3) is 0.636. The van der Waals surface area contributed by atoms with E-state index < -0.39 is 6.10 Å². The van der Waals surface area contributed by atoms with Gasteiger partial charge >= 0.3 is 0 Å². The van der Waals surface area contributed by atoms with Gasteiger partial charge in [-0.2, -0.15) is 0 Å². The maximum absolute atomic E-state index is 13.0. The molecule has 5 atom stereocenters. The average Bonchev–Trinajstić information content (AvgIpc) is 3.30. The zero-order valence-electron chi connectivity index (χ0n) is 17.3. The molecule has 3 aliphatic rings. The van der Waals surface area contributed by atoms with Crippen molar-refractivity contribution in [3.63, 3.8) is 0 Å². The fourth-order valence-corrected chi connectivity index (χ4v) is 5.25. The van der Waals surface area contributed by atoms with E-state index in [-0.39, 0.29) is 36.2 Å². The first-order valence-electron chi connectivity index (χ1n) is 10.5. The van der Waals surface area contributed by atoms with E-state index in [1.807, 2.05) is 41.0 Å². The van der Waals surface area contributed by atoms with Crippen molar-refractivity contribution in [2.24, 2.45) is 23.5 Å². The summed E-state index contributed by atoms with van der Waals surface area (Å²) in [5.74, 6) is 1.91. The van der Waals surface area contributed by atoms with Crippen LogP contribution in [0.4, 0.5) is 0 Å². The van der Waals surface area contributed by atoms with Gasteiger partial charge in [0.25, 0.3) is 5.91 Å². The van der Waals surface area contributed by atoms with Crippen molar-refractivity contribution in [2.75, 3.05) is 26.2 Å². The highest BCUT2D eigenvalue weighted by atomic mass is 35.5. The highest BCUT2D eigenvalue weighted by molar-refractivity contribution is 5.85. The third kappa shape index (κ3) is 4.24. The molecule has 0 aromatic heterocycles. The van der Waals surface area contributed by atoms with Crippen molar-refractivity contribution >= 4 is 24.2 Å². The molecule has 7 heteroatoms. The molecule has 3 fully saturated rings. The van der Waals surface area contributed by atoms with Crippen LogP contribution in [0.15, 0.2) is 24.3 Å². The van der Waals surface area contributed by atoms with Gasteiger partial charge in [0, 0.05) is 32.2 Å². The molecule has 6 nitrogen and oxygen atoms in total. The number of amides is 2. The quantitative estimate of drug-likeness (QED) is 0.808. The van der Waals surface area contributed by atoms with Crippen LogP contribution in [0.25, 0.3) is 0 Å². The predicted molar refractivity (Wildman–Crippen MR) is 114 cm³/mol. The Bertz CT molecular complexity index is 749. The second kappa shape index (κ2) is 8.92. The molecule has 2 aliphatic carbocycles. The molecular weight excluding hydrogens is 390 g/mol. The molecule has 1 heterocycles. The number of benzene rings is 1. The maximum atomic E-state index is 13.0. The zero-order valence-corrected chi connectivity index (χ0v) is 18.1. The van der Waals surface area contributed by atoms with Gasteiger partial charge in [-0.3, -0.25) is 9.59 Å². The van der Waals surface area contributed by atoms with Crippen LogP contribution in [0.2, 0.25) is 0 Å². The van der Waals surface area contributed by atoms with Crippen LogP contribution >= 0.6 is 12.4 Å². The number of para-hydroxylation sites is 1. The van der Waals surface area contributed by atoms with Gasteiger partial charge < -0.3 is 20.3 Å². The minimum atomic E-state index is -0.539. The molecule has 5 unspecified atom stereocenters. The molecule has 2 saturated carbocycles. The van der Waals surface area contributed by atoms with Crippen molar-refractivity contribution in [1.82, 2.24) is 9.80 Å². The van der Waals surface area contributed by atoms with Crippen molar-refractivity contribution in [1.29, 1.82) is 0 Å². The van der Waals surface area contributed by atoms with E-state index in [2.05, 4.69) is 0 Å². The largest absolute Gasteiger partial charge is 0.481 e. The van der Waals surface area contributed by atoms with E-state index in [1.54, 1.807) is 6.92 Å². The number of nitrogens with two attached hydrogens (primary N) is 1. The zero-order chi connectivity index (χ0) is 19.8. The number of halogens is 1. The van der Waals surface area contributed by atoms with Gasteiger partial charge in [-0.15, -0.1) is 12.4 Å². The molecule has 1 aromatic rings. The smallest absolute Gasteiger partial charge is 0.263 e. The van der Waals surface area contributed by atoms with Gasteiger partial charge in [-0.25, -0.2) is 0 Å². The van der Waals surface area contributed by atoms with Crippen LogP contribution in [0.1, 0.15) is 31.7 Å². The highest BCUT2D eigenvalue weighted by Gasteiger charge is 2.50. The minimum Gasteiger partial charge on any atom is -0.481 e. The second-order valence-electron chi connectivity index (χ2n) is 8.61. The number of hydrogen-bond donors (Lipinski definition) is 1. The van der Waals surface area contributed by atoms with Crippen LogP contribution in [-0.2, 0) is 9.59 Å². The van der Waals surface area contributed by atoms with Crippen LogP contribution in [-0.4, -0.2) is 59.9 Å². The Kier molecular flexibility index (Phi) is 6.74. The van der Waals surface area contributed by atoms with E-state index in [0.29, 0.717) is 38.0 Å². The number of nitrogens with zero attached hydrogens (tertiary/aromatic N) is 2. The molecule has 0 radical (unpaired) electrons. The number of ether oxygens (including phenoxy) is 1. The van der Waals surface area contributed by atoms with E-state index in [0.717, 1.165) is 24.2 Å². The van der Waals surface area contributed by atoms with Crippen LogP contribution in [0.5, 0.6) is 5.75 Å². The summed E-state index contributed by atoms with van der Waals surface area (Å²) in [6.07, 6.45) is 2.89. The number of carbonyl (C=O) groups is 2. The molecule has 29 heavy (non-hydrogen) atoms. The summed E-state index contributed by atoms with van der Waals surface area (Å²) in [4.78, 5) is 29.5. The number of hydrogen-bond acceptors (Lipinski definition) is 4. The molecule has 0 spiro atoms. The van der Waals surface area contributed by atoms with Gasteiger partial charge in [0.1, 0.15) is 5.75 Å². The Morgan fingerprint density at radius 1 is 1.07 bits per heavy atom. The second-order valence-corrected chi connectivity index (χ2v) is 8.61. The van der Waals surface area contributed by atoms with E-state index in [9.17, 15) is 9.59 Å². The highest BCUT2D eigenvalue weighted by Crippen LogP contribution is 2.48. The Balaban J connectivity index is 0.00000240. The van der Waals surface area contributed by atoms with E-state index >= 15 is 0 Å². The summed E-state index contributed by atoms with van der Waals surface area (Å²) in [6.45, 7) is 6.05. The summed E-state index contributed by atoms with van der Waals surface area (Å²) >= 11 is 0. The van der Waals surface area contributed by atoms with E-state index in [4.69, 9.17) is 10.5 Å². The van der Waals surface area contributed by atoms with Crippen molar-refractivity contribution < 1.29 is 14.3 Å². The molecular formula is C22H32ClN3O3. The molecule has 1 saturated heterocycles. The standard InChI is InChI=1S/C22H31N3O3.ClH/c1-14-5-3-4-6-18(14)28-15(2)21(26)24-9-11-25(12-10-24)22(27)19-16-7-8-17(13-16)20(19)23;/h3-6,15-17,19-20H,7-13,23H2,1-2H3;1H. The van der Waals surface area contributed by atoms with Gasteiger partial charge in [-0.1, -0.05) is 18.2 Å². The lowest BCUT2D eigenvalue weighted by atomic mass is 9.84. The number of rotatable bonds is 4. The van der Waals surface area contributed by atoms with Crippen LogP contribution in [0.3, 0.4) is 0 Å². The first-order valence-corrected chi connectivity index (χ1v) is 10.5. The normalized spacial score (nSPS) is 29.3. The SMILES string of the molecule is Cc1ccccc1OC(C)C(=O)N1CCN(C(=O)C2C3CCC(C3)C2N)CC1.Cl. The van der Waals surface area contributed by atoms with Crippen LogP contribution in [0, 0.1) is 24.7 Å².